The Kier molecular flexibility index (Phi) is 6.75. The molecule has 0 aliphatic carbocycles. The van der Waals surface area contributed by atoms with Crippen molar-refractivity contribution < 1.29 is 8.95 Å². The van der Waals surface area contributed by atoms with Crippen LogP contribution in [0.5, 0.6) is 5.75 Å². The van der Waals surface area contributed by atoms with Crippen molar-refractivity contribution in [3.05, 3.63) is 60.0 Å². The standard InChI is InChI=1S/C23H26N6O2S/c1-15(19-5-3-4-6-21(19)31-2)10-25-22-8-20(27-14-28-22)17-7-16(9-24)23(26-11-17)29-18-12-32(30)13-18/h3-9,11,14-15,18,24H,10,12-13H2,1-2H3,(H,26,29)(H,25,27,28)/t15-,18?,32?/m1/s1. The highest BCUT2D eigenvalue weighted by molar-refractivity contribution is 7.86. The first-order chi connectivity index (χ1) is 15.6. The Morgan fingerprint density at radius 1 is 1.25 bits per heavy atom. The largest absolute Gasteiger partial charge is 0.496 e. The molecule has 1 atom stereocenters. The zero-order valence-corrected chi connectivity index (χ0v) is 18.9. The highest BCUT2D eigenvalue weighted by atomic mass is 32.2. The molecule has 1 aliphatic heterocycles. The Morgan fingerprint density at radius 2 is 2.06 bits per heavy atom. The predicted molar refractivity (Wildman–Crippen MR) is 128 cm³/mol. The number of para-hydroxylation sites is 1. The number of benzene rings is 1. The molecule has 0 radical (unpaired) electrons. The minimum absolute atomic E-state index is 0.146. The molecule has 0 bridgehead atoms. The van der Waals surface area contributed by atoms with Crippen molar-refractivity contribution in [3.63, 3.8) is 0 Å². The maximum Gasteiger partial charge on any atom is 0.135 e. The van der Waals surface area contributed by atoms with Crippen molar-refractivity contribution in [1.82, 2.24) is 15.0 Å². The lowest BCUT2D eigenvalue weighted by atomic mass is 10.00. The fraction of sp³-hybridized carbons (Fsp3) is 0.304. The highest BCUT2D eigenvalue weighted by Crippen LogP contribution is 2.27. The topological polar surface area (TPSA) is 113 Å². The van der Waals surface area contributed by atoms with E-state index in [1.165, 1.54) is 12.5 Å². The zero-order chi connectivity index (χ0) is 22.5. The molecule has 166 valence electrons. The quantitative estimate of drug-likeness (QED) is 0.429. The van der Waals surface area contributed by atoms with Crippen LogP contribution in [0.4, 0.5) is 11.6 Å². The summed E-state index contributed by atoms with van der Waals surface area (Å²) in [5.41, 5.74) is 3.32. The SMILES string of the molecule is COc1ccccc1[C@H](C)CNc1cc(-c2cnc(NC3CS(=O)C3)c(C=N)c2)ncn1. The van der Waals surface area contributed by atoms with Gasteiger partial charge in [0.1, 0.15) is 23.7 Å². The molecule has 1 aliphatic rings. The van der Waals surface area contributed by atoms with Gasteiger partial charge in [-0.1, -0.05) is 25.1 Å². The number of aromatic nitrogens is 3. The van der Waals surface area contributed by atoms with Gasteiger partial charge in [0.25, 0.3) is 0 Å². The van der Waals surface area contributed by atoms with E-state index < -0.39 is 10.8 Å². The molecule has 3 N–H and O–H groups in total. The van der Waals surface area contributed by atoms with Gasteiger partial charge in [-0.3, -0.25) is 4.21 Å². The number of nitrogens with one attached hydrogen (secondary N) is 3. The van der Waals surface area contributed by atoms with Crippen molar-refractivity contribution in [2.75, 3.05) is 35.8 Å². The van der Waals surface area contributed by atoms with Gasteiger partial charge in [0, 0.05) is 64.4 Å². The summed E-state index contributed by atoms with van der Waals surface area (Å²) in [6.45, 7) is 2.82. The summed E-state index contributed by atoms with van der Waals surface area (Å²) < 4.78 is 16.8. The van der Waals surface area contributed by atoms with Crippen molar-refractivity contribution >= 4 is 28.6 Å². The van der Waals surface area contributed by atoms with Crippen LogP contribution < -0.4 is 15.4 Å². The summed E-state index contributed by atoms with van der Waals surface area (Å²) in [5.74, 6) is 3.68. The highest BCUT2D eigenvalue weighted by Gasteiger charge is 2.26. The minimum Gasteiger partial charge on any atom is -0.496 e. The van der Waals surface area contributed by atoms with Gasteiger partial charge >= 0.3 is 0 Å². The average Bonchev–Trinajstić information content (AvgIpc) is 2.81. The average molecular weight is 451 g/mol. The molecule has 1 saturated heterocycles. The van der Waals surface area contributed by atoms with E-state index in [4.69, 9.17) is 10.1 Å². The van der Waals surface area contributed by atoms with Crippen molar-refractivity contribution in [1.29, 1.82) is 5.41 Å². The van der Waals surface area contributed by atoms with Crippen LogP contribution in [0.25, 0.3) is 11.3 Å². The van der Waals surface area contributed by atoms with Crippen LogP contribution in [-0.2, 0) is 10.8 Å². The second-order valence-corrected chi connectivity index (χ2v) is 9.28. The second kappa shape index (κ2) is 9.86. The Bertz CT molecular complexity index is 1130. The lowest BCUT2D eigenvalue weighted by molar-refractivity contribution is 0.407. The molecular formula is C23H26N6O2S. The zero-order valence-electron chi connectivity index (χ0n) is 18.0. The normalized spacial score (nSPS) is 18.3. The van der Waals surface area contributed by atoms with Gasteiger partial charge in [-0.05, 0) is 17.7 Å². The molecule has 0 amide bonds. The van der Waals surface area contributed by atoms with Crippen LogP contribution in [-0.4, -0.2) is 56.6 Å². The summed E-state index contributed by atoms with van der Waals surface area (Å²) in [6, 6.07) is 11.9. The molecule has 0 unspecified atom stereocenters. The lowest BCUT2D eigenvalue weighted by Crippen LogP contribution is -2.43. The summed E-state index contributed by atoms with van der Waals surface area (Å²) in [7, 11) is 0.941. The molecule has 0 saturated carbocycles. The second-order valence-electron chi connectivity index (χ2n) is 7.73. The van der Waals surface area contributed by atoms with E-state index >= 15 is 0 Å². The maximum absolute atomic E-state index is 11.3. The van der Waals surface area contributed by atoms with E-state index in [9.17, 15) is 4.21 Å². The van der Waals surface area contributed by atoms with E-state index in [0.29, 0.717) is 35.2 Å². The van der Waals surface area contributed by atoms with Crippen LogP contribution in [0.3, 0.4) is 0 Å². The maximum atomic E-state index is 11.3. The molecule has 32 heavy (non-hydrogen) atoms. The Hall–Kier alpha value is -3.33. The first-order valence-corrected chi connectivity index (χ1v) is 11.9. The smallest absolute Gasteiger partial charge is 0.135 e. The van der Waals surface area contributed by atoms with E-state index in [1.54, 1.807) is 13.3 Å². The third kappa shape index (κ3) is 4.94. The summed E-state index contributed by atoms with van der Waals surface area (Å²) in [6.07, 6.45) is 4.52. The van der Waals surface area contributed by atoms with Gasteiger partial charge in [0.2, 0.25) is 0 Å². The molecule has 9 heteroatoms. The predicted octanol–water partition coefficient (Wildman–Crippen LogP) is 3.30. The van der Waals surface area contributed by atoms with E-state index in [1.807, 2.05) is 30.3 Å². The number of rotatable bonds is 9. The van der Waals surface area contributed by atoms with Gasteiger partial charge in [0.15, 0.2) is 0 Å². The van der Waals surface area contributed by atoms with Crippen LogP contribution in [0.2, 0.25) is 0 Å². The number of hydrogen-bond acceptors (Lipinski definition) is 8. The number of pyridine rings is 1. The number of ether oxygens (including phenoxy) is 1. The number of methoxy groups -OCH3 is 1. The Morgan fingerprint density at radius 3 is 2.81 bits per heavy atom. The lowest BCUT2D eigenvalue weighted by Gasteiger charge is -2.26. The third-order valence-electron chi connectivity index (χ3n) is 5.41. The van der Waals surface area contributed by atoms with Gasteiger partial charge in [-0.25, -0.2) is 15.0 Å². The fourth-order valence-electron chi connectivity index (χ4n) is 3.58. The molecular weight excluding hydrogens is 424 g/mol. The molecule has 3 aromatic rings. The number of hydrogen-bond donors (Lipinski definition) is 3. The molecule has 4 rings (SSSR count). The first-order valence-electron chi connectivity index (χ1n) is 10.4. The summed E-state index contributed by atoms with van der Waals surface area (Å²) >= 11 is 0. The van der Waals surface area contributed by atoms with Gasteiger partial charge in [0.05, 0.1) is 18.8 Å². The van der Waals surface area contributed by atoms with Crippen LogP contribution >= 0.6 is 0 Å². The van der Waals surface area contributed by atoms with Crippen LogP contribution in [0.1, 0.15) is 24.0 Å². The van der Waals surface area contributed by atoms with Crippen LogP contribution in [0.15, 0.2) is 48.9 Å². The number of nitrogens with zero attached hydrogens (tertiary/aromatic N) is 3. The van der Waals surface area contributed by atoms with Crippen molar-refractivity contribution in [2.24, 2.45) is 0 Å². The summed E-state index contributed by atoms with van der Waals surface area (Å²) in [5, 5.41) is 14.4. The minimum atomic E-state index is -0.739. The molecule has 8 nitrogen and oxygen atoms in total. The number of anilines is 2. The first kappa shape index (κ1) is 21.9. The Balaban J connectivity index is 1.46. The summed E-state index contributed by atoms with van der Waals surface area (Å²) in [4.78, 5) is 13.2. The fourth-order valence-corrected chi connectivity index (χ4v) is 4.55. The molecule has 0 spiro atoms. The molecule has 1 fully saturated rings. The van der Waals surface area contributed by atoms with E-state index in [-0.39, 0.29) is 12.0 Å². The molecule has 3 heterocycles. The van der Waals surface area contributed by atoms with E-state index in [0.717, 1.165) is 22.6 Å². The van der Waals surface area contributed by atoms with Gasteiger partial charge in [-0.2, -0.15) is 0 Å². The third-order valence-corrected chi connectivity index (χ3v) is 6.96. The van der Waals surface area contributed by atoms with Crippen molar-refractivity contribution in [2.45, 2.75) is 18.9 Å². The van der Waals surface area contributed by atoms with Gasteiger partial charge in [-0.15, -0.1) is 0 Å². The van der Waals surface area contributed by atoms with Gasteiger partial charge < -0.3 is 20.8 Å². The monoisotopic (exact) mass is 450 g/mol. The van der Waals surface area contributed by atoms with Crippen LogP contribution in [0, 0.1) is 5.41 Å². The molecule has 1 aromatic carbocycles. The van der Waals surface area contributed by atoms with E-state index in [2.05, 4.69) is 38.6 Å². The van der Waals surface area contributed by atoms with Crippen molar-refractivity contribution in [3.8, 4) is 17.0 Å². The molecule has 2 aromatic heterocycles. The Labute approximate surface area is 189 Å².